The van der Waals surface area contributed by atoms with Crippen LogP contribution in [0.3, 0.4) is 0 Å². The maximum Gasteiger partial charge on any atom is 0.256 e. The quantitative estimate of drug-likeness (QED) is 0.698. The predicted octanol–water partition coefficient (Wildman–Crippen LogP) is 3.22. The molecule has 0 saturated carbocycles. The Bertz CT molecular complexity index is 788. The van der Waals surface area contributed by atoms with Crippen molar-refractivity contribution >= 4 is 23.0 Å². The normalized spacial score (nSPS) is 14.6. The first-order valence-corrected chi connectivity index (χ1v) is 6.91. The minimum absolute atomic E-state index is 0.206. The van der Waals surface area contributed by atoms with Gasteiger partial charge in [0.05, 0.1) is 12.7 Å². The number of ketones is 1. The fourth-order valence-electron chi connectivity index (χ4n) is 2.41. The molecular weight excluding hydrogens is 278 g/mol. The van der Waals surface area contributed by atoms with Crippen LogP contribution in [0, 0.1) is 6.92 Å². The van der Waals surface area contributed by atoms with E-state index in [1.165, 1.54) is 6.08 Å². The van der Waals surface area contributed by atoms with E-state index in [9.17, 15) is 9.59 Å². The molecule has 0 spiro atoms. The van der Waals surface area contributed by atoms with Gasteiger partial charge in [-0.05, 0) is 49.4 Å². The minimum Gasteiger partial charge on any atom is -0.497 e. The molecule has 0 bridgehead atoms. The number of aryl methyl sites for hydroxylation is 1. The summed E-state index contributed by atoms with van der Waals surface area (Å²) in [4.78, 5) is 24.4. The van der Waals surface area contributed by atoms with Gasteiger partial charge in [0.15, 0.2) is 5.78 Å². The van der Waals surface area contributed by atoms with Crippen molar-refractivity contribution in [2.75, 3.05) is 12.4 Å². The van der Waals surface area contributed by atoms with Gasteiger partial charge in [-0.1, -0.05) is 11.6 Å². The lowest BCUT2D eigenvalue weighted by atomic mass is 10.0. The highest BCUT2D eigenvalue weighted by molar-refractivity contribution is 6.35. The van der Waals surface area contributed by atoms with Gasteiger partial charge in [-0.2, -0.15) is 0 Å². The molecular formula is C18H15NO3. The van der Waals surface area contributed by atoms with E-state index in [4.69, 9.17) is 4.74 Å². The van der Waals surface area contributed by atoms with Crippen LogP contribution in [0.2, 0.25) is 0 Å². The Morgan fingerprint density at radius 2 is 1.86 bits per heavy atom. The van der Waals surface area contributed by atoms with Gasteiger partial charge in [0.2, 0.25) is 0 Å². The number of carbonyl (C=O) groups is 2. The summed E-state index contributed by atoms with van der Waals surface area (Å²) >= 11 is 0. The summed E-state index contributed by atoms with van der Waals surface area (Å²) < 4.78 is 5.07. The number of methoxy groups -OCH3 is 1. The van der Waals surface area contributed by atoms with Gasteiger partial charge in [-0.25, -0.2) is 0 Å². The fourth-order valence-corrected chi connectivity index (χ4v) is 2.41. The standard InChI is InChI=1S/C18H15NO3/c1-11-3-8-16-14(9-11)15(18(21)19-16)10-17(20)12-4-6-13(22-2)7-5-12/h3-10H,1-2H3,(H,19,21)/b15-10-. The number of amides is 1. The highest BCUT2D eigenvalue weighted by Crippen LogP contribution is 2.32. The van der Waals surface area contributed by atoms with Crippen LogP contribution >= 0.6 is 0 Å². The molecule has 110 valence electrons. The number of rotatable bonds is 3. The molecule has 1 aliphatic heterocycles. The van der Waals surface area contributed by atoms with Crippen LogP contribution in [0.4, 0.5) is 5.69 Å². The Balaban J connectivity index is 1.96. The van der Waals surface area contributed by atoms with E-state index in [1.807, 2.05) is 25.1 Å². The zero-order valence-corrected chi connectivity index (χ0v) is 12.3. The third-order valence-corrected chi connectivity index (χ3v) is 3.61. The summed E-state index contributed by atoms with van der Waals surface area (Å²) in [5, 5.41) is 2.77. The Morgan fingerprint density at radius 3 is 2.55 bits per heavy atom. The molecule has 22 heavy (non-hydrogen) atoms. The lowest BCUT2D eigenvalue weighted by Gasteiger charge is -2.02. The third kappa shape index (κ3) is 2.51. The highest BCUT2D eigenvalue weighted by atomic mass is 16.5. The van der Waals surface area contributed by atoms with Crippen molar-refractivity contribution in [3.05, 3.63) is 65.2 Å². The van der Waals surface area contributed by atoms with Gasteiger partial charge in [0, 0.05) is 16.8 Å². The van der Waals surface area contributed by atoms with Gasteiger partial charge >= 0.3 is 0 Å². The first-order chi connectivity index (χ1) is 10.6. The third-order valence-electron chi connectivity index (χ3n) is 3.61. The van der Waals surface area contributed by atoms with Gasteiger partial charge in [-0.3, -0.25) is 9.59 Å². The molecule has 0 fully saturated rings. The van der Waals surface area contributed by atoms with Crippen LogP contribution in [0.25, 0.3) is 5.57 Å². The SMILES string of the molecule is COc1ccc(C(=O)/C=C2\C(=O)Nc3ccc(C)cc32)cc1. The van der Waals surface area contributed by atoms with Crippen LogP contribution in [-0.2, 0) is 4.79 Å². The van der Waals surface area contributed by atoms with Gasteiger partial charge in [-0.15, -0.1) is 0 Å². The van der Waals surface area contributed by atoms with Crippen LogP contribution in [0.5, 0.6) is 5.75 Å². The molecule has 1 N–H and O–H groups in total. The minimum atomic E-state index is -0.248. The molecule has 2 aromatic carbocycles. The van der Waals surface area contributed by atoms with Crippen molar-refractivity contribution in [3.63, 3.8) is 0 Å². The number of benzene rings is 2. The number of fused-ring (bicyclic) bond motifs is 1. The molecule has 0 aliphatic carbocycles. The zero-order chi connectivity index (χ0) is 15.7. The van der Waals surface area contributed by atoms with Gasteiger partial charge < -0.3 is 10.1 Å². The van der Waals surface area contributed by atoms with E-state index in [-0.39, 0.29) is 11.7 Å². The van der Waals surface area contributed by atoms with Crippen LogP contribution < -0.4 is 10.1 Å². The molecule has 0 saturated heterocycles. The molecule has 0 atom stereocenters. The van der Waals surface area contributed by atoms with Gasteiger partial charge in [0.1, 0.15) is 5.75 Å². The van der Waals surface area contributed by atoms with Crippen LogP contribution in [0.1, 0.15) is 21.5 Å². The summed E-state index contributed by atoms with van der Waals surface area (Å²) in [6, 6.07) is 12.5. The summed E-state index contributed by atoms with van der Waals surface area (Å²) in [7, 11) is 1.57. The first-order valence-electron chi connectivity index (χ1n) is 6.91. The number of nitrogens with one attached hydrogen (secondary N) is 1. The van der Waals surface area contributed by atoms with Crippen molar-refractivity contribution in [1.82, 2.24) is 0 Å². The largest absolute Gasteiger partial charge is 0.497 e. The van der Waals surface area contributed by atoms with Crippen molar-refractivity contribution in [3.8, 4) is 5.75 Å². The average molecular weight is 293 g/mol. The summed E-state index contributed by atoms with van der Waals surface area (Å²) in [5.74, 6) is 0.230. The predicted molar refractivity (Wildman–Crippen MR) is 85.1 cm³/mol. The van der Waals surface area contributed by atoms with E-state index >= 15 is 0 Å². The maximum absolute atomic E-state index is 12.3. The summed E-state index contributed by atoms with van der Waals surface area (Å²) in [5.41, 5.74) is 3.47. The molecule has 3 rings (SSSR count). The Labute approximate surface area is 128 Å². The monoisotopic (exact) mass is 293 g/mol. The first kappa shape index (κ1) is 14.1. The number of hydrogen-bond donors (Lipinski definition) is 1. The zero-order valence-electron chi connectivity index (χ0n) is 12.3. The van der Waals surface area contributed by atoms with Crippen LogP contribution in [-0.4, -0.2) is 18.8 Å². The van der Waals surface area contributed by atoms with E-state index in [0.717, 1.165) is 16.8 Å². The van der Waals surface area contributed by atoms with Crippen molar-refractivity contribution in [1.29, 1.82) is 0 Å². The summed E-state index contributed by atoms with van der Waals surface area (Å²) in [6.45, 7) is 1.95. The second-order valence-electron chi connectivity index (χ2n) is 5.15. The maximum atomic E-state index is 12.3. The van der Waals surface area contributed by atoms with E-state index in [0.29, 0.717) is 16.9 Å². The average Bonchev–Trinajstić information content (AvgIpc) is 2.83. The number of hydrogen-bond acceptors (Lipinski definition) is 3. The molecule has 0 aromatic heterocycles. The number of carbonyl (C=O) groups excluding carboxylic acids is 2. The molecule has 0 radical (unpaired) electrons. The number of allylic oxidation sites excluding steroid dienone is 1. The van der Waals surface area contributed by atoms with Crippen molar-refractivity contribution in [2.45, 2.75) is 6.92 Å². The van der Waals surface area contributed by atoms with Crippen molar-refractivity contribution < 1.29 is 14.3 Å². The number of ether oxygens (including phenoxy) is 1. The van der Waals surface area contributed by atoms with E-state index < -0.39 is 0 Å². The topological polar surface area (TPSA) is 55.4 Å². The van der Waals surface area contributed by atoms with Crippen LogP contribution in [0.15, 0.2) is 48.5 Å². The molecule has 4 nitrogen and oxygen atoms in total. The lowest BCUT2D eigenvalue weighted by molar-refractivity contribution is -0.110. The number of anilines is 1. The molecule has 0 unspecified atom stereocenters. The Hall–Kier alpha value is -2.88. The van der Waals surface area contributed by atoms with E-state index in [2.05, 4.69) is 5.32 Å². The molecule has 2 aromatic rings. The fraction of sp³-hybridized carbons (Fsp3) is 0.111. The second-order valence-corrected chi connectivity index (χ2v) is 5.15. The van der Waals surface area contributed by atoms with Crippen molar-refractivity contribution in [2.24, 2.45) is 0 Å². The second kappa shape index (κ2) is 5.48. The highest BCUT2D eigenvalue weighted by Gasteiger charge is 2.25. The molecule has 1 heterocycles. The van der Waals surface area contributed by atoms with E-state index in [1.54, 1.807) is 31.4 Å². The molecule has 1 aliphatic rings. The molecule has 1 amide bonds. The molecule has 4 heteroatoms. The van der Waals surface area contributed by atoms with Gasteiger partial charge in [0.25, 0.3) is 5.91 Å². The summed E-state index contributed by atoms with van der Waals surface area (Å²) in [6.07, 6.45) is 1.39. The smallest absolute Gasteiger partial charge is 0.256 e. The Morgan fingerprint density at radius 1 is 1.14 bits per heavy atom. The Kier molecular flexibility index (Phi) is 3.51. The lowest BCUT2D eigenvalue weighted by Crippen LogP contribution is -2.06.